The van der Waals surface area contributed by atoms with Crippen molar-refractivity contribution < 1.29 is 0 Å². The largest absolute Gasteiger partial charge is 0.297 e. The summed E-state index contributed by atoms with van der Waals surface area (Å²) in [5.74, 6) is 0. The molecule has 0 atom stereocenters. The van der Waals surface area contributed by atoms with E-state index < -0.39 is 0 Å². The van der Waals surface area contributed by atoms with Crippen LogP contribution in [0.3, 0.4) is 0 Å². The second-order valence-electron chi connectivity index (χ2n) is 0.707. The molecule has 2 heteroatoms. The van der Waals surface area contributed by atoms with Gasteiger partial charge in [0.1, 0.15) is 0 Å². The van der Waals surface area contributed by atoms with Crippen LogP contribution >= 0.6 is 0 Å². The third kappa shape index (κ3) is 3.27. The molecule has 1 rings (SSSR count). The molecule has 1 aliphatic heterocycles. The van der Waals surface area contributed by atoms with Gasteiger partial charge >= 0.3 is 0 Å². The molecular weight excluding hydrogens is 74.0 g/mol. The predicted molar refractivity (Wildman–Crippen MR) is 22.0 cm³/mol. The predicted octanol–water partition coefficient (Wildman–Crippen LogP) is -0.473. The molecule has 1 heterocycles. The third-order valence-corrected chi connectivity index (χ3v) is 0.707. The molecule has 0 saturated heterocycles. The number of hydrogen-bond donors (Lipinski definition) is 0. The Morgan fingerprint density at radius 3 is 1.50 bits per heavy atom. The van der Waals surface area contributed by atoms with Gasteiger partial charge in [0.15, 0.2) is 0 Å². The van der Waals surface area contributed by atoms with Crippen molar-refractivity contribution in [3.05, 3.63) is 9.88 Å². The second-order valence-corrected chi connectivity index (χ2v) is 2.12. The zero-order chi connectivity index (χ0) is 2.12. The van der Waals surface area contributed by atoms with E-state index in [2.05, 4.69) is 9.88 Å². The van der Waals surface area contributed by atoms with Crippen LogP contribution in [0.2, 0.25) is 0 Å². The van der Waals surface area contributed by atoms with Gasteiger partial charge in [0.05, 0.1) is 0 Å². The van der Waals surface area contributed by atoms with Crippen molar-refractivity contribution in [2.45, 2.75) is 0 Å². The fourth-order valence-electron chi connectivity index (χ4n) is 0. The molecule has 4 heavy (non-hydrogen) atoms. The first-order valence-corrected chi connectivity index (χ1v) is 2.78. The maximum absolute atomic E-state index is 2.26. The maximum atomic E-state index is 2.26. The Morgan fingerprint density at radius 1 is 1.25 bits per heavy atom. The molecule has 0 amide bonds. The van der Waals surface area contributed by atoms with Crippen molar-refractivity contribution in [3.8, 4) is 0 Å². The van der Waals surface area contributed by atoms with Crippen LogP contribution in [0.4, 0.5) is 0 Å². The molecule has 0 nitrogen and oxygen atoms in total. The van der Waals surface area contributed by atoms with E-state index in [1.165, 1.54) is 0 Å². The van der Waals surface area contributed by atoms with Crippen molar-refractivity contribution >= 4 is 44.8 Å². The fraction of sp³-hybridized carbons (Fsp3) is 0. The van der Waals surface area contributed by atoms with E-state index in [1.54, 1.807) is 0 Å². The Hall–Kier alpha value is 1.27. The smallest absolute Gasteiger partial charge is 0.163 e. The first-order chi connectivity index (χ1) is 1.50. The number of hydrogen-bond acceptors (Lipinski definition) is 0. The Bertz CT molecular complexity index is 29.0. The molecule has 1 radical (unpaired) electrons. The normalized spacial score (nSPS) is 12.0. The van der Waals surface area contributed by atoms with E-state index in [1.807, 2.05) is 0 Å². The van der Waals surface area contributed by atoms with Crippen molar-refractivity contribution in [1.29, 1.82) is 0 Å². The standard InChI is InChI=1S/C2H2.Al.Na.H/c1-2;;;/h1-2H;;;. The van der Waals surface area contributed by atoms with Crippen LogP contribution in [-0.4, -0.2) is 44.8 Å². The topological polar surface area (TPSA) is 0 Å². The van der Waals surface area contributed by atoms with Crippen LogP contribution in [0.25, 0.3) is 0 Å². The van der Waals surface area contributed by atoms with Crippen LogP contribution in [0.1, 0.15) is 0 Å². The van der Waals surface area contributed by atoms with Crippen molar-refractivity contribution in [1.82, 2.24) is 0 Å². The van der Waals surface area contributed by atoms with E-state index in [-0.39, 0.29) is 29.6 Å². The summed E-state index contributed by atoms with van der Waals surface area (Å²) < 4.78 is 0. The molecule has 0 unspecified atom stereocenters. The van der Waals surface area contributed by atoms with Gasteiger partial charge in [0.25, 0.3) is 15.2 Å². The summed E-state index contributed by atoms with van der Waals surface area (Å²) in [6.45, 7) is 0. The van der Waals surface area contributed by atoms with Crippen molar-refractivity contribution in [3.63, 3.8) is 0 Å². The Balaban J connectivity index is 0.0000000900. The molecule has 0 N–H and O–H groups in total. The minimum absolute atomic E-state index is 0. The van der Waals surface area contributed by atoms with Gasteiger partial charge in [-0.05, 0) is 0 Å². The summed E-state index contributed by atoms with van der Waals surface area (Å²) in [4.78, 5) is 4.53. The molecule has 0 aromatic rings. The van der Waals surface area contributed by atoms with E-state index in [0.717, 1.165) is 0 Å². The summed E-state index contributed by atoms with van der Waals surface area (Å²) in [5.41, 5.74) is 0. The monoisotopic (exact) mass is 77.0 g/mol. The Kier molecular flexibility index (Phi) is 3.30. The van der Waals surface area contributed by atoms with E-state index in [4.69, 9.17) is 0 Å². The summed E-state index contributed by atoms with van der Waals surface area (Å²) in [7, 11) is 0. The molecular formula is C2H3AlNa. The molecule has 0 aromatic heterocycles. The molecule has 0 aliphatic carbocycles. The number of rotatable bonds is 0. The second kappa shape index (κ2) is 2.51. The Labute approximate surface area is 54.3 Å². The molecule has 0 spiro atoms. The maximum Gasteiger partial charge on any atom is 0.297 e. The van der Waals surface area contributed by atoms with Crippen molar-refractivity contribution in [2.24, 2.45) is 0 Å². The zero-order valence-corrected chi connectivity index (χ0v) is 6.28. The van der Waals surface area contributed by atoms with E-state index >= 15 is 0 Å². The first kappa shape index (κ1) is 5.27. The summed E-state index contributed by atoms with van der Waals surface area (Å²) in [5, 5.41) is 0. The van der Waals surface area contributed by atoms with Crippen LogP contribution in [0.15, 0.2) is 9.88 Å². The minimum atomic E-state index is 0. The van der Waals surface area contributed by atoms with Crippen LogP contribution in [0.5, 0.6) is 0 Å². The first-order valence-electron chi connectivity index (χ1n) is 1.15. The molecule has 0 saturated carbocycles. The van der Waals surface area contributed by atoms with Crippen LogP contribution in [-0.2, 0) is 0 Å². The summed E-state index contributed by atoms with van der Waals surface area (Å²) in [6.07, 6.45) is 0. The quantitative estimate of drug-likeness (QED) is 0.343. The zero-order valence-electron chi connectivity index (χ0n) is 2.86. The van der Waals surface area contributed by atoms with Gasteiger partial charge in [-0.15, -0.1) is 0 Å². The van der Waals surface area contributed by atoms with Crippen molar-refractivity contribution in [2.75, 3.05) is 0 Å². The Morgan fingerprint density at radius 2 is 1.50 bits per heavy atom. The van der Waals surface area contributed by atoms with Gasteiger partial charge in [-0.3, -0.25) is 0 Å². The molecule has 0 aromatic carbocycles. The van der Waals surface area contributed by atoms with Gasteiger partial charge in [-0.2, -0.15) is 9.88 Å². The van der Waals surface area contributed by atoms with Gasteiger partial charge in [-0.1, -0.05) is 0 Å². The van der Waals surface area contributed by atoms with Gasteiger partial charge < -0.3 is 0 Å². The van der Waals surface area contributed by atoms with Crippen LogP contribution < -0.4 is 0 Å². The molecule has 15 valence electrons. The molecule has 0 bridgehead atoms. The van der Waals surface area contributed by atoms with E-state index in [9.17, 15) is 0 Å². The summed E-state index contributed by atoms with van der Waals surface area (Å²) in [6, 6.07) is 0. The molecule has 0 fully saturated rings. The van der Waals surface area contributed by atoms with Gasteiger partial charge in [-0.25, -0.2) is 0 Å². The fourth-order valence-corrected chi connectivity index (χ4v) is 0. The van der Waals surface area contributed by atoms with E-state index in [0.29, 0.717) is 15.2 Å². The van der Waals surface area contributed by atoms with Gasteiger partial charge in [0.2, 0.25) is 0 Å². The van der Waals surface area contributed by atoms with Gasteiger partial charge in [0, 0.05) is 29.6 Å². The average Bonchev–Trinajstić information content (AvgIpc) is 1.46. The summed E-state index contributed by atoms with van der Waals surface area (Å²) >= 11 is 0.417. The third-order valence-electron chi connectivity index (χ3n) is 0.236. The average molecular weight is 77.0 g/mol. The molecule has 1 aliphatic rings. The minimum Gasteiger partial charge on any atom is -0.163 e. The van der Waals surface area contributed by atoms with Crippen LogP contribution in [0, 0.1) is 0 Å². The SMILES string of the molecule is [CH]1=[CH][AlH]1.[Na].